The Morgan fingerprint density at radius 2 is 1.56 bits per heavy atom. The Kier molecular flexibility index (Phi) is 5.89. The predicted molar refractivity (Wildman–Crippen MR) is 124 cm³/mol. The molecule has 2 aromatic rings. The van der Waals surface area contributed by atoms with Crippen molar-refractivity contribution in [2.45, 2.75) is 18.9 Å². The number of piperazine rings is 1. The van der Waals surface area contributed by atoms with E-state index >= 15 is 0 Å². The summed E-state index contributed by atoms with van der Waals surface area (Å²) in [5, 5.41) is 0.598. The summed E-state index contributed by atoms with van der Waals surface area (Å²) in [6, 6.07) is 17.4. The number of hydrogen-bond acceptors (Lipinski definition) is 5. The van der Waals surface area contributed by atoms with Gasteiger partial charge in [0.25, 0.3) is 11.8 Å². The molecule has 3 aliphatic heterocycles. The van der Waals surface area contributed by atoms with E-state index in [1.165, 1.54) is 10.6 Å². The van der Waals surface area contributed by atoms with Gasteiger partial charge in [0, 0.05) is 43.5 Å². The zero-order valence-corrected chi connectivity index (χ0v) is 18.6. The maximum atomic E-state index is 13.5. The Morgan fingerprint density at radius 3 is 2.22 bits per heavy atom. The molecule has 0 aliphatic carbocycles. The number of para-hydroxylation sites is 1. The van der Waals surface area contributed by atoms with Gasteiger partial charge in [-0.15, -0.1) is 0 Å². The lowest BCUT2D eigenvalue weighted by molar-refractivity contribution is -0.139. The van der Waals surface area contributed by atoms with E-state index in [4.69, 9.17) is 16.3 Å². The average molecular weight is 452 g/mol. The standard InChI is InChI=1S/C25H26ClN3O3/c26-19-10-8-18(9-11-19)22-23(25(31)29(24(22)30)17-21-7-4-16-32-21)28-14-12-27(13-15-28)20-5-2-1-3-6-20/h1-3,5-6,8-11,21H,4,7,12-17H2. The van der Waals surface area contributed by atoms with Gasteiger partial charge in [-0.25, -0.2) is 0 Å². The van der Waals surface area contributed by atoms with Crippen LogP contribution in [0.3, 0.4) is 0 Å². The van der Waals surface area contributed by atoms with Crippen molar-refractivity contribution in [1.29, 1.82) is 0 Å². The third-order valence-corrected chi connectivity index (χ3v) is 6.66. The molecule has 0 radical (unpaired) electrons. The van der Waals surface area contributed by atoms with Gasteiger partial charge < -0.3 is 14.5 Å². The summed E-state index contributed by atoms with van der Waals surface area (Å²) in [5.41, 5.74) is 2.87. The fourth-order valence-electron chi connectivity index (χ4n) is 4.72. The first kappa shape index (κ1) is 21.0. The summed E-state index contributed by atoms with van der Waals surface area (Å²) in [4.78, 5) is 32.7. The molecule has 0 saturated carbocycles. The SMILES string of the molecule is O=C1C(c2ccc(Cl)cc2)=C(N2CCN(c3ccccc3)CC2)C(=O)N1CC1CCCO1. The number of halogens is 1. The Balaban J connectivity index is 1.43. The molecule has 0 aromatic heterocycles. The van der Waals surface area contributed by atoms with Crippen molar-refractivity contribution >= 4 is 34.7 Å². The molecule has 2 amide bonds. The molecule has 0 spiro atoms. The molecule has 5 rings (SSSR count). The molecule has 3 aliphatic rings. The van der Waals surface area contributed by atoms with E-state index in [0.29, 0.717) is 42.5 Å². The Bertz CT molecular complexity index is 1020. The lowest BCUT2D eigenvalue weighted by atomic mass is 10.0. The van der Waals surface area contributed by atoms with Gasteiger partial charge in [0.05, 0.1) is 18.2 Å². The number of hydrogen-bond donors (Lipinski definition) is 0. The summed E-state index contributed by atoms with van der Waals surface area (Å²) in [5.74, 6) is -0.461. The number of anilines is 1. The van der Waals surface area contributed by atoms with Crippen LogP contribution in [0.1, 0.15) is 18.4 Å². The highest BCUT2D eigenvalue weighted by Crippen LogP contribution is 2.34. The molecule has 7 heteroatoms. The smallest absolute Gasteiger partial charge is 0.277 e. The van der Waals surface area contributed by atoms with Gasteiger partial charge in [-0.3, -0.25) is 14.5 Å². The topological polar surface area (TPSA) is 53.1 Å². The van der Waals surface area contributed by atoms with Crippen LogP contribution in [0.4, 0.5) is 5.69 Å². The van der Waals surface area contributed by atoms with Gasteiger partial charge in [-0.05, 0) is 42.7 Å². The van der Waals surface area contributed by atoms with Crippen molar-refractivity contribution in [3.8, 4) is 0 Å². The van der Waals surface area contributed by atoms with Crippen molar-refractivity contribution < 1.29 is 14.3 Å². The molecule has 1 unspecified atom stereocenters. The highest BCUT2D eigenvalue weighted by atomic mass is 35.5. The summed E-state index contributed by atoms with van der Waals surface area (Å²) >= 11 is 6.07. The molecule has 1 atom stereocenters. The van der Waals surface area contributed by atoms with E-state index < -0.39 is 0 Å². The van der Waals surface area contributed by atoms with Crippen LogP contribution in [-0.2, 0) is 14.3 Å². The van der Waals surface area contributed by atoms with E-state index in [9.17, 15) is 9.59 Å². The van der Waals surface area contributed by atoms with Gasteiger partial charge in [-0.2, -0.15) is 0 Å². The summed E-state index contributed by atoms with van der Waals surface area (Å²) in [6.45, 7) is 3.92. The monoisotopic (exact) mass is 451 g/mol. The van der Waals surface area contributed by atoms with Gasteiger partial charge in [-0.1, -0.05) is 41.9 Å². The Labute approximate surface area is 193 Å². The Morgan fingerprint density at radius 1 is 0.875 bits per heavy atom. The second-order valence-electron chi connectivity index (χ2n) is 8.40. The van der Waals surface area contributed by atoms with Gasteiger partial charge >= 0.3 is 0 Å². The zero-order chi connectivity index (χ0) is 22.1. The average Bonchev–Trinajstić information content (AvgIpc) is 3.43. The summed E-state index contributed by atoms with van der Waals surface area (Å²) < 4.78 is 5.71. The molecule has 6 nitrogen and oxygen atoms in total. The number of nitrogens with zero attached hydrogens (tertiary/aromatic N) is 3. The van der Waals surface area contributed by atoms with E-state index in [1.54, 1.807) is 12.1 Å². The molecule has 2 saturated heterocycles. The van der Waals surface area contributed by atoms with Crippen molar-refractivity contribution in [2.75, 3.05) is 44.2 Å². The van der Waals surface area contributed by atoms with Gasteiger partial charge in [0.1, 0.15) is 5.70 Å². The maximum Gasteiger partial charge on any atom is 0.277 e. The molecule has 2 fully saturated rings. The summed E-state index contributed by atoms with van der Waals surface area (Å²) in [7, 11) is 0. The number of rotatable bonds is 5. The predicted octanol–water partition coefficient (Wildman–Crippen LogP) is 3.42. The van der Waals surface area contributed by atoms with Crippen LogP contribution in [0.15, 0.2) is 60.3 Å². The molecule has 3 heterocycles. The van der Waals surface area contributed by atoms with Crippen LogP contribution in [0.2, 0.25) is 5.02 Å². The number of carbonyl (C=O) groups excluding carboxylic acids is 2. The number of amides is 2. The molecule has 0 bridgehead atoms. The highest BCUT2D eigenvalue weighted by Gasteiger charge is 2.43. The highest BCUT2D eigenvalue weighted by molar-refractivity contribution is 6.36. The molecular formula is C25H26ClN3O3. The van der Waals surface area contributed by atoms with Crippen molar-refractivity contribution in [3.63, 3.8) is 0 Å². The minimum absolute atomic E-state index is 0.0800. The molecule has 0 N–H and O–H groups in total. The zero-order valence-electron chi connectivity index (χ0n) is 17.9. The second kappa shape index (κ2) is 8.96. The number of ether oxygens (including phenoxy) is 1. The van der Waals surface area contributed by atoms with E-state index in [-0.39, 0.29) is 17.9 Å². The van der Waals surface area contributed by atoms with E-state index in [2.05, 4.69) is 21.9 Å². The van der Waals surface area contributed by atoms with Gasteiger partial charge in [0.2, 0.25) is 0 Å². The minimum atomic E-state index is -0.242. The quantitative estimate of drug-likeness (QED) is 0.652. The second-order valence-corrected chi connectivity index (χ2v) is 8.83. The van der Waals surface area contributed by atoms with Crippen molar-refractivity contribution in [1.82, 2.24) is 9.80 Å². The minimum Gasteiger partial charge on any atom is -0.376 e. The molecule has 32 heavy (non-hydrogen) atoms. The third-order valence-electron chi connectivity index (χ3n) is 6.40. The number of carbonyl (C=O) groups is 2. The van der Waals surface area contributed by atoms with Crippen LogP contribution in [0.5, 0.6) is 0 Å². The first-order valence-corrected chi connectivity index (χ1v) is 11.5. The lowest BCUT2D eigenvalue weighted by Crippen LogP contribution is -2.48. The van der Waals surface area contributed by atoms with Gasteiger partial charge in [0.15, 0.2) is 0 Å². The molecular weight excluding hydrogens is 426 g/mol. The van der Waals surface area contributed by atoms with Crippen LogP contribution in [0.25, 0.3) is 5.57 Å². The van der Waals surface area contributed by atoms with Crippen LogP contribution < -0.4 is 4.90 Å². The Hall–Kier alpha value is -2.83. The largest absolute Gasteiger partial charge is 0.376 e. The number of imide groups is 1. The molecule has 2 aromatic carbocycles. The van der Waals surface area contributed by atoms with Crippen LogP contribution >= 0.6 is 11.6 Å². The van der Waals surface area contributed by atoms with Crippen molar-refractivity contribution in [3.05, 3.63) is 70.9 Å². The third kappa shape index (κ3) is 4.00. The lowest BCUT2D eigenvalue weighted by Gasteiger charge is -2.37. The van der Waals surface area contributed by atoms with Crippen LogP contribution in [-0.4, -0.2) is 67.0 Å². The summed E-state index contributed by atoms with van der Waals surface area (Å²) in [6.07, 6.45) is 1.76. The van der Waals surface area contributed by atoms with Crippen LogP contribution in [0, 0.1) is 0 Å². The molecule has 166 valence electrons. The first-order chi connectivity index (χ1) is 15.6. The van der Waals surface area contributed by atoms with E-state index in [1.807, 2.05) is 30.3 Å². The fourth-order valence-corrected chi connectivity index (χ4v) is 4.84. The van der Waals surface area contributed by atoms with Crippen molar-refractivity contribution in [2.24, 2.45) is 0 Å². The van der Waals surface area contributed by atoms with E-state index in [0.717, 1.165) is 31.5 Å². The normalized spacial score (nSPS) is 21.8. The number of benzene rings is 2. The first-order valence-electron chi connectivity index (χ1n) is 11.1. The maximum absolute atomic E-state index is 13.5. The fraction of sp³-hybridized carbons (Fsp3) is 0.360.